The maximum atomic E-state index is 11.4. The van der Waals surface area contributed by atoms with Gasteiger partial charge < -0.3 is 10.1 Å². The molecule has 0 aliphatic rings. The molecule has 0 bridgehead atoms. The number of likely N-dealkylation sites (N-methyl/N-ethyl adjacent to an activating group) is 1. The average Bonchev–Trinajstić information content (AvgIpc) is 3.23. The molecule has 0 atom stereocenters. The molecule has 3 aromatic heterocycles. The Labute approximate surface area is 132 Å². The summed E-state index contributed by atoms with van der Waals surface area (Å²) in [6.07, 6.45) is 8.69. The number of aromatic nitrogens is 5. The van der Waals surface area contributed by atoms with E-state index < -0.39 is 0 Å². The van der Waals surface area contributed by atoms with Crippen molar-refractivity contribution >= 4 is 5.91 Å². The molecule has 1 amide bonds. The van der Waals surface area contributed by atoms with Crippen molar-refractivity contribution in [1.29, 1.82) is 0 Å². The van der Waals surface area contributed by atoms with Crippen LogP contribution < -0.4 is 10.1 Å². The first-order valence-corrected chi connectivity index (χ1v) is 6.98. The van der Waals surface area contributed by atoms with Crippen molar-refractivity contribution in [2.24, 2.45) is 0 Å². The summed E-state index contributed by atoms with van der Waals surface area (Å²) in [7, 11) is 3.17. The van der Waals surface area contributed by atoms with Gasteiger partial charge in [0, 0.05) is 43.5 Å². The molecule has 0 fully saturated rings. The number of amides is 1. The average molecular weight is 312 g/mol. The number of hydrogen-bond acceptors (Lipinski definition) is 5. The Morgan fingerprint density at radius 1 is 1.35 bits per heavy atom. The monoisotopic (exact) mass is 312 g/mol. The lowest BCUT2D eigenvalue weighted by molar-refractivity contribution is -0.121. The number of carbonyl (C=O) groups is 1. The van der Waals surface area contributed by atoms with E-state index in [1.54, 1.807) is 43.6 Å². The van der Waals surface area contributed by atoms with Gasteiger partial charge in [-0.3, -0.25) is 14.0 Å². The highest BCUT2D eigenvalue weighted by Crippen LogP contribution is 2.23. The van der Waals surface area contributed by atoms with Crippen LogP contribution in [0.25, 0.3) is 17.1 Å². The van der Waals surface area contributed by atoms with Crippen molar-refractivity contribution in [2.45, 2.75) is 6.54 Å². The smallest absolute Gasteiger partial charge is 0.241 e. The van der Waals surface area contributed by atoms with Crippen LogP contribution in [0.4, 0.5) is 0 Å². The second-order valence-corrected chi connectivity index (χ2v) is 4.78. The van der Waals surface area contributed by atoms with Crippen LogP contribution in [0.2, 0.25) is 0 Å². The largest absolute Gasteiger partial charge is 0.481 e. The zero-order chi connectivity index (χ0) is 16.2. The van der Waals surface area contributed by atoms with Crippen LogP contribution in [-0.2, 0) is 11.3 Å². The molecule has 0 aliphatic heterocycles. The Hall–Kier alpha value is -3.16. The Bertz CT molecular complexity index is 823. The van der Waals surface area contributed by atoms with E-state index in [1.807, 2.05) is 22.9 Å². The number of carbonyl (C=O) groups excluding carboxylic acids is 1. The zero-order valence-electron chi connectivity index (χ0n) is 12.8. The molecule has 3 aromatic rings. The van der Waals surface area contributed by atoms with E-state index in [4.69, 9.17) is 4.74 Å². The van der Waals surface area contributed by atoms with Crippen molar-refractivity contribution in [1.82, 2.24) is 29.6 Å². The van der Waals surface area contributed by atoms with Crippen molar-refractivity contribution in [3.8, 4) is 23.0 Å². The number of imidazole rings is 1. The highest BCUT2D eigenvalue weighted by atomic mass is 16.5. The Morgan fingerprint density at radius 2 is 2.22 bits per heavy atom. The Morgan fingerprint density at radius 3 is 3.00 bits per heavy atom. The summed E-state index contributed by atoms with van der Waals surface area (Å²) in [6, 6.07) is 3.67. The second kappa shape index (κ2) is 6.30. The van der Waals surface area contributed by atoms with E-state index in [2.05, 4.69) is 20.4 Å². The van der Waals surface area contributed by atoms with Gasteiger partial charge in [0.1, 0.15) is 12.4 Å². The molecule has 3 heterocycles. The van der Waals surface area contributed by atoms with Gasteiger partial charge in [0.05, 0.1) is 19.0 Å². The predicted molar refractivity (Wildman–Crippen MR) is 83.2 cm³/mol. The number of nitrogens with one attached hydrogen (secondary N) is 1. The minimum absolute atomic E-state index is 0.107. The molecule has 0 aliphatic carbocycles. The van der Waals surface area contributed by atoms with Gasteiger partial charge in [0.2, 0.25) is 11.8 Å². The normalized spacial score (nSPS) is 10.5. The van der Waals surface area contributed by atoms with Gasteiger partial charge in [-0.1, -0.05) is 0 Å². The van der Waals surface area contributed by atoms with Crippen LogP contribution in [0.1, 0.15) is 0 Å². The molecule has 0 spiro atoms. The fraction of sp³-hybridized carbons (Fsp3) is 0.200. The van der Waals surface area contributed by atoms with Crippen LogP contribution in [0, 0.1) is 0 Å². The minimum Gasteiger partial charge on any atom is -0.481 e. The summed E-state index contributed by atoms with van der Waals surface area (Å²) in [5.41, 5.74) is 1.69. The summed E-state index contributed by atoms with van der Waals surface area (Å²) in [5, 5.41) is 6.77. The number of ether oxygens (including phenoxy) is 1. The molecule has 3 rings (SSSR count). The summed E-state index contributed by atoms with van der Waals surface area (Å²) < 4.78 is 8.62. The lowest BCUT2D eigenvalue weighted by Gasteiger charge is -2.06. The molecule has 0 saturated heterocycles. The van der Waals surface area contributed by atoms with E-state index >= 15 is 0 Å². The molecule has 118 valence electrons. The summed E-state index contributed by atoms with van der Waals surface area (Å²) in [4.78, 5) is 19.9. The molecule has 23 heavy (non-hydrogen) atoms. The number of rotatable bonds is 5. The molecule has 0 aromatic carbocycles. The maximum Gasteiger partial charge on any atom is 0.241 e. The summed E-state index contributed by atoms with van der Waals surface area (Å²) in [5.74, 6) is 1.15. The van der Waals surface area contributed by atoms with Gasteiger partial charge in [-0.05, 0) is 6.07 Å². The molecular formula is C15H16N6O2. The van der Waals surface area contributed by atoms with Crippen molar-refractivity contribution in [2.75, 3.05) is 14.2 Å². The van der Waals surface area contributed by atoms with Crippen LogP contribution in [0.3, 0.4) is 0 Å². The molecular weight excluding hydrogens is 296 g/mol. The van der Waals surface area contributed by atoms with Crippen LogP contribution in [0.5, 0.6) is 5.88 Å². The van der Waals surface area contributed by atoms with Gasteiger partial charge >= 0.3 is 0 Å². The van der Waals surface area contributed by atoms with Crippen molar-refractivity contribution in [3.63, 3.8) is 0 Å². The van der Waals surface area contributed by atoms with Crippen molar-refractivity contribution < 1.29 is 9.53 Å². The van der Waals surface area contributed by atoms with E-state index in [9.17, 15) is 4.79 Å². The standard InChI is InChI=1S/C15H16N6O2/c1-16-13(22)10-20-9-12(8-19-20)21-6-5-18-15(21)11-3-4-17-14(7-11)23-2/h3-9H,10H2,1-2H3,(H,16,22). The number of methoxy groups -OCH3 is 1. The first kappa shape index (κ1) is 14.8. The number of pyridine rings is 1. The number of hydrogen-bond donors (Lipinski definition) is 1. The Kier molecular flexibility index (Phi) is 4.05. The summed E-state index contributed by atoms with van der Waals surface area (Å²) >= 11 is 0. The predicted octanol–water partition coefficient (Wildman–Crippen LogP) is 0.885. The second-order valence-electron chi connectivity index (χ2n) is 4.78. The van der Waals surface area contributed by atoms with Crippen LogP contribution in [0.15, 0.2) is 43.1 Å². The highest BCUT2D eigenvalue weighted by Gasteiger charge is 2.11. The molecule has 0 saturated carbocycles. The maximum absolute atomic E-state index is 11.4. The topological polar surface area (TPSA) is 86.9 Å². The third-order valence-electron chi connectivity index (χ3n) is 3.33. The zero-order valence-corrected chi connectivity index (χ0v) is 12.8. The van der Waals surface area contributed by atoms with Crippen LogP contribution in [-0.4, -0.2) is 44.4 Å². The third kappa shape index (κ3) is 3.05. The van der Waals surface area contributed by atoms with Gasteiger partial charge in [-0.25, -0.2) is 9.97 Å². The molecule has 8 heteroatoms. The first-order chi connectivity index (χ1) is 11.2. The SMILES string of the molecule is CNC(=O)Cn1cc(-n2ccnc2-c2ccnc(OC)c2)cn1. The third-order valence-corrected chi connectivity index (χ3v) is 3.33. The van der Waals surface area contributed by atoms with Gasteiger partial charge in [-0.15, -0.1) is 0 Å². The van der Waals surface area contributed by atoms with Crippen LogP contribution >= 0.6 is 0 Å². The fourth-order valence-corrected chi connectivity index (χ4v) is 2.18. The lowest BCUT2D eigenvalue weighted by Crippen LogP contribution is -2.23. The van der Waals surface area contributed by atoms with E-state index in [1.165, 1.54) is 0 Å². The molecule has 1 N–H and O–H groups in total. The molecule has 0 radical (unpaired) electrons. The van der Waals surface area contributed by atoms with Gasteiger partial charge in [-0.2, -0.15) is 5.10 Å². The summed E-state index contributed by atoms with van der Waals surface area (Å²) in [6.45, 7) is 0.170. The van der Waals surface area contributed by atoms with E-state index in [-0.39, 0.29) is 12.5 Å². The lowest BCUT2D eigenvalue weighted by atomic mass is 10.2. The van der Waals surface area contributed by atoms with E-state index in [0.29, 0.717) is 5.88 Å². The molecule has 8 nitrogen and oxygen atoms in total. The Balaban J connectivity index is 1.93. The first-order valence-electron chi connectivity index (χ1n) is 6.98. The quantitative estimate of drug-likeness (QED) is 0.756. The van der Waals surface area contributed by atoms with Gasteiger partial charge in [0.15, 0.2) is 0 Å². The fourth-order valence-electron chi connectivity index (χ4n) is 2.18. The minimum atomic E-state index is -0.107. The molecule has 0 unspecified atom stereocenters. The van der Waals surface area contributed by atoms with Gasteiger partial charge in [0.25, 0.3) is 0 Å². The number of nitrogens with zero attached hydrogens (tertiary/aromatic N) is 5. The van der Waals surface area contributed by atoms with Crippen molar-refractivity contribution in [3.05, 3.63) is 43.1 Å². The highest BCUT2D eigenvalue weighted by molar-refractivity contribution is 5.75. The van der Waals surface area contributed by atoms with E-state index in [0.717, 1.165) is 17.1 Å².